The smallest absolute Gasteiger partial charge is 0.306 e. The number of ether oxygens (including phenoxy) is 1. The number of azide groups is 1. The lowest BCUT2D eigenvalue weighted by atomic mass is 9.97. The fourth-order valence-electron chi connectivity index (χ4n) is 1.67. The van der Waals surface area contributed by atoms with Crippen molar-refractivity contribution in [3.63, 3.8) is 0 Å². The Balaban J connectivity index is 2.65. The molecule has 0 aromatic heterocycles. The van der Waals surface area contributed by atoms with E-state index in [1.165, 1.54) is 0 Å². The summed E-state index contributed by atoms with van der Waals surface area (Å²) < 4.78 is 5.29. The van der Waals surface area contributed by atoms with E-state index < -0.39 is 5.60 Å². The zero-order chi connectivity index (χ0) is 14.5. The quantitative estimate of drug-likeness (QED) is 0.347. The van der Waals surface area contributed by atoms with Gasteiger partial charge >= 0.3 is 5.97 Å². The molecule has 1 unspecified atom stereocenters. The maximum atomic E-state index is 11.7. The first-order valence-electron chi connectivity index (χ1n) is 6.19. The Morgan fingerprint density at radius 1 is 1.37 bits per heavy atom. The number of carbonyl (C=O) groups excluding carboxylic acids is 1. The Bertz CT molecular complexity index is 482. The second-order valence-corrected chi connectivity index (χ2v) is 5.47. The highest BCUT2D eigenvalue weighted by Crippen LogP contribution is 2.23. The minimum atomic E-state index is -0.456. The molecule has 0 fully saturated rings. The van der Waals surface area contributed by atoms with Crippen LogP contribution in [-0.2, 0) is 9.53 Å². The molecule has 0 saturated carbocycles. The van der Waals surface area contributed by atoms with Crippen molar-refractivity contribution in [2.75, 3.05) is 0 Å². The van der Waals surface area contributed by atoms with Gasteiger partial charge in [0.05, 0.1) is 6.42 Å². The molecule has 1 rings (SSSR count). The van der Waals surface area contributed by atoms with Gasteiger partial charge in [-0.1, -0.05) is 36.3 Å². The number of hydrogen-bond acceptors (Lipinski definition) is 3. The van der Waals surface area contributed by atoms with Crippen molar-refractivity contribution < 1.29 is 9.53 Å². The number of nitrogens with zero attached hydrogens (tertiary/aromatic N) is 3. The Hall–Kier alpha value is -2.00. The Kier molecular flexibility index (Phi) is 4.95. The topological polar surface area (TPSA) is 75.1 Å². The highest BCUT2D eigenvalue weighted by Gasteiger charge is 2.19. The van der Waals surface area contributed by atoms with Crippen molar-refractivity contribution in [1.82, 2.24) is 0 Å². The molecule has 1 atom stereocenters. The van der Waals surface area contributed by atoms with Gasteiger partial charge in [0.1, 0.15) is 5.60 Å². The van der Waals surface area contributed by atoms with Gasteiger partial charge in [-0.3, -0.25) is 4.79 Å². The van der Waals surface area contributed by atoms with Gasteiger partial charge in [-0.2, -0.15) is 0 Å². The molecule has 102 valence electrons. The van der Waals surface area contributed by atoms with Crippen LogP contribution in [0.2, 0.25) is 0 Å². The molecule has 1 aromatic carbocycles. The molecule has 0 heterocycles. The second-order valence-electron chi connectivity index (χ2n) is 5.47. The summed E-state index contributed by atoms with van der Waals surface area (Å²) in [7, 11) is 0. The molecule has 0 spiro atoms. The van der Waals surface area contributed by atoms with Gasteiger partial charge in [0.15, 0.2) is 0 Å². The van der Waals surface area contributed by atoms with E-state index in [2.05, 4.69) is 10.0 Å². The molecule has 0 amide bonds. The number of carbonyl (C=O) groups is 1. The van der Waals surface area contributed by atoms with Crippen LogP contribution in [0.3, 0.4) is 0 Å². The van der Waals surface area contributed by atoms with Crippen LogP contribution in [0.5, 0.6) is 0 Å². The third-order valence-corrected chi connectivity index (χ3v) is 2.52. The second kappa shape index (κ2) is 6.25. The molecule has 0 bridgehead atoms. The molecule has 0 aliphatic carbocycles. The van der Waals surface area contributed by atoms with Crippen LogP contribution < -0.4 is 0 Å². The summed E-state index contributed by atoms with van der Waals surface area (Å²) in [5.74, 6) is -0.144. The normalized spacial score (nSPS) is 12.4. The zero-order valence-corrected chi connectivity index (χ0v) is 11.8. The summed E-state index contributed by atoms with van der Waals surface area (Å²) in [6.07, 6.45) is 0.331. The largest absolute Gasteiger partial charge is 0.460 e. The van der Waals surface area contributed by atoms with Crippen LogP contribution >= 0.6 is 0 Å². The fourth-order valence-corrected chi connectivity index (χ4v) is 1.67. The first kappa shape index (κ1) is 15.1. The Morgan fingerprint density at radius 2 is 1.95 bits per heavy atom. The van der Waals surface area contributed by atoms with Crippen LogP contribution in [-0.4, -0.2) is 11.6 Å². The first-order chi connectivity index (χ1) is 8.81. The van der Waals surface area contributed by atoms with E-state index in [4.69, 9.17) is 10.3 Å². The molecule has 0 aliphatic heterocycles. The van der Waals surface area contributed by atoms with Crippen LogP contribution in [0.1, 0.15) is 45.6 Å². The van der Waals surface area contributed by atoms with Gasteiger partial charge in [-0.25, -0.2) is 0 Å². The first-order valence-corrected chi connectivity index (χ1v) is 6.19. The van der Waals surface area contributed by atoms with E-state index in [9.17, 15) is 4.79 Å². The van der Waals surface area contributed by atoms with E-state index in [0.717, 1.165) is 5.56 Å². The van der Waals surface area contributed by atoms with E-state index in [-0.39, 0.29) is 11.9 Å². The third kappa shape index (κ3) is 5.44. The third-order valence-electron chi connectivity index (χ3n) is 2.52. The van der Waals surface area contributed by atoms with E-state index in [1.54, 1.807) is 12.1 Å². The molecular weight excluding hydrogens is 242 g/mol. The summed E-state index contributed by atoms with van der Waals surface area (Å²) in [5, 5.41) is 3.51. The summed E-state index contributed by atoms with van der Waals surface area (Å²) in [6.45, 7) is 7.52. The molecule has 5 heteroatoms. The van der Waals surface area contributed by atoms with Crippen molar-refractivity contribution in [3.05, 3.63) is 40.3 Å². The van der Waals surface area contributed by atoms with E-state index in [0.29, 0.717) is 12.1 Å². The summed E-state index contributed by atoms with van der Waals surface area (Å²) in [4.78, 5) is 14.4. The van der Waals surface area contributed by atoms with Crippen molar-refractivity contribution in [1.29, 1.82) is 0 Å². The highest BCUT2D eigenvalue weighted by atomic mass is 16.6. The van der Waals surface area contributed by atoms with Crippen LogP contribution in [0.25, 0.3) is 10.4 Å². The molecule has 1 aromatic rings. The van der Waals surface area contributed by atoms with Gasteiger partial charge in [0.2, 0.25) is 0 Å². The van der Waals surface area contributed by atoms with Crippen LogP contribution in [0.4, 0.5) is 5.69 Å². The fraction of sp³-hybridized carbons (Fsp3) is 0.500. The number of esters is 1. The predicted molar refractivity (Wildman–Crippen MR) is 74.1 cm³/mol. The maximum Gasteiger partial charge on any atom is 0.306 e. The molecule has 0 N–H and O–H groups in total. The molecule has 0 saturated heterocycles. The van der Waals surface area contributed by atoms with Crippen LogP contribution in [0.15, 0.2) is 29.4 Å². The predicted octanol–water partition coefficient (Wildman–Crippen LogP) is 4.46. The van der Waals surface area contributed by atoms with Gasteiger partial charge in [0, 0.05) is 10.6 Å². The molecule has 0 radical (unpaired) electrons. The average molecular weight is 261 g/mol. The minimum Gasteiger partial charge on any atom is -0.460 e. The monoisotopic (exact) mass is 261 g/mol. The Labute approximate surface area is 113 Å². The number of rotatable bonds is 4. The summed E-state index contributed by atoms with van der Waals surface area (Å²) in [6, 6.07) is 7.19. The highest BCUT2D eigenvalue weighted by molar-refractivity contribution is 5.71. The molecule has 5 nitrogen and oxygen atoms in total. The lowest BCUT2D eigenvalue weighted by Gasteiger charge is -2.21. The van der Waals surface area contributed by atoms with Crippen molar-refractivity contribution in [3.8, 4) is 0 Å². The standard InChI is InChI=1S/C14H19N3O2/c1-10(9-13(18)19-14(2,3)4)11-5-7-12(8-6-11)16-17-15/h5-8,10H,9H2,1-4H3. The lowest BCUT2D eigenvalue weighted by molar-refractivity contribution is -0.155. The average Bonchev–Trinajstić information content (AvgIpc) is 2.27. The van der Waals surface area contributed by atoms with Gasteiger partial charge in [-0.15, -0.1) is 0 Å². The van der Waals surface area contributed by atoms with Crippen LogP contribution in [0, 0.1) is 0 Å². The maximum absolute atomic E-state index is 11.7. The molecule has 0 aliphatic rings. The lowest BCUT2D eigenvalue weighted by Crippen LogP contribution is -2.24. The van der Waals surface area contributed by atoms with Gasteiger partial charge in [0.25, 0.3) is 0 Å². The van der Waals surface area contributed by atoms with Gasteiger partial charge in [-0.05, 0) is 37.8 Å². The Morgan fingerprint density at radius 3 is 2.42 bits per heavy atom. The van der Waals surface area contributed by atoms with E-state index >= 15 is 0 Å². The summed E-state index contributed by atoms with van der Waals surface area (Å²) >= 11 is 0. The van der Waals surface area contributed by atoms with Crippen molar-refractivity contribution >= 4 is 11.7 Å². The number of hydrogen-bond donors (Lipinski definition) is 0. The SMILES string of the molecule is CC(CC(=O)OC(C)(C)C)c1ccc(N=[N+]=[N-])cc1. The summed E-state index contributed by atoms with van der Waals surface area (Å²) in [5.41, 5.74) is 9.45. The van der Waals surface area contributed by atoms with Crippen molar-refractivity contribution in [2.24, 2.45) is 5.11 Å². The molecular formula is C14H19N3O2. The van der Waals surface area contributed by atoms with Gasteiger partial charge < -0.3 is 4.74 Å². The number of benzene rings is 1. The van der Waals surface area contributed by atoms with Crippen molar-refractivity contribution in [2.45, 2.75) is 45.6 Å². The zero-order valence-electron chi connectivity index (χ0n) is 11.8. The minimum absolute atomic E-state index is 0.0648. The van der Waals surface area contributed by atoms with E-state index in [1.807, 2.05) is 39.8 Å². The molecule has 19 heavy (non-hydrogen) atoms.